The lowest BCUT2D eigenvalue weighted by Crippen LogP contribution is -1.73. The molecular weight excluding hydrogens is 1700 g/mol. The van der Waals surface area contributed by atoms with Crippen LogP contribution in [0.4, 0.5) is 43.9 Å². The second-order valence-corrected chi connectivity index (χ2v) is 13.2. The molecule has 11 aromatic rings. The Bertz CT molecular complexity index is 2210. The van der Waals surface area contributed by atoms with Crippen LogP contribution in [0.2, 0.25) is 0 Å². The largest absolute Gasteiger partial charge is 0.298 e. The second-order valence-electron chi connectivity index (χ2n) is 13.2. The number of aldehydes is 1. The maximum atomic E-state index is 11.9. The van der Waals surface area contributed by atoms with E-state index in [2.05, 4.69) is 54.2 Å². The fourth-order valence-corrected chi connectivity index (χ4v) is 4.22. The summed E-state index contributed by atoms with van der Waals surface area (Å²) in [5.74, 6) is -0.178. The lowest BCUT2D eigenvalue weighted by Gasteiger charge is -1.82. The smallest absolute Gasteiger partial charge is 0.150 e. The monoisotopic (exact) mass is 1920 g/mol. The highest BCUT2D eigenvalue weighted by Crippen LogP contribution is 1.95. The Balaban J connectivity index is -0.0000000284. The van der Waals surface area contributed by atoms with Gasteiger partial charge >= 0.3 is 0 Å². The first-order valence-corrected chi connectivity index (χ1v) is 47.7. The molecule has 0 unspecified atom stereocenters. The molecule has 0 amide bonds. The van der Waals surface area contributed by atoms with E-state index in [0.717, 1.165) is 11.8 Å². The van der Waals surface area contributed by atoms with E-state index in [1.165, 1.54) is 24.0 Å². The summed E-state index contributed by atoms with van der Waals surface area (Å²) in [6.45, 7) is 90.1. The topological polar surface area (TPSA) is 131 Å². The first-order chi connectivity index (χ1) is 66.7. The Hall–Kier alpha value is -10.6. The molecule has 9 nitrogen and oxygen atoms in total. The van der Waals surface area contributed by atoms with E-state index in [-0.39, 0.29) is 5.82 Å². The second kappa shape index (κ2) is 422. The zero-order valence-electron chi connectivity index (χ0n) is 96.6. The molecule has 0 radical (unpaired) electrons. The molecule has 4 heterocycles. The Morgan fingerprint density at radius 3 is 0.448 bits per heavy atom. The molecule has 0 atom stereocenters. The Labute approximate surface area is 830 Å². The van der Waals surface area contributed by atoms with Crippen LogP contribution in [0, 0.1) is 24.1 Å². The first-order valence-electron chi connectivity index (χ1n) is 47.7. The summed E-state index contributed by atoms with van der Waals surface area (Å²) < 4.78 is 97.4. The van der Waals surface area contributed by atoms with E-state index in [4.69, 9.17) is 5.26 Å². The van der Waals surface area contributed by atoms with Gasteiger partial charge in [0.15, 0.2) is 0 Å². The lowest BCUT2D eigenvalue weighted by molar-refractivity contribution is 0.112. The minimum Gasteiger partial charge on any atom is -0.298 e. The van der Waals surface area contributed by atoms with Gasteiger partial charge in [-0.1, -0.05) is 523 Å². The molecule has 0 fully saturated rings. The molecule has 4 aromatic heterocycles. The number of benzene rings is 7. The molecule has 0 aliphatic heterocycles. The molecule has 0 N–H and O–H groups in total. The Kier molecular flexibility index (Phi) is 682. The van der Waals surface area contributed by atoms with Crippen LogP contribution in [0.5, 0.6) is 0 Å². The van der Waals surface area contributed by atoms with Crippen molar-refractivity contribution in [1.29, 1.82) is 5.26 Å². The van der Waals surface area contributed by atoms with Crippen molar-refractivity contribution in [3.63, 3.8) is 0 Å². The highest BCUT2D eigenvalue weighted by molar-refractivity contribution is 5.74. The van der Waals surface area contributed by atoms with Crippen LogP contribution in [0.15, 0.2) is 335 Å². The zero-order valence-corrected chi connectivity index (χ0v) is 96.6. The van der Waals surface area contributed by atoms with Crippen molar-refractivity contribution in [3.05, 3.63) is 358 Å². The maximum absolute atomic E-state index is 11.9. The summed E-state index contributed by atoms with van der Waals surface area (Å²) in [5, 5.41) is 15.4. The molecule has 0 spiro atoms. The number of hydrogen-bond donors (Lipinski definition) is 0. The third-order valence-electron chi connectivity index (χ3n) is 7.52. The fraction of sp³-hybridized carbons (Fsp3) is 0.470. The Morgan fingerprint density at radius 1 is 0.201 bits per heavy atom. The molecule has 19 heteroatoms. The van der Waals surface area contributed by atoms with Crippen molar-refractivity contribution in [3.8, 4) is 6.07 Å². The number of carbonyl (C=O) groups excluding carboxylic acids is 1. The molecule has 0 bridgehead atoms. The average Bonchev–Trinajstić information content (AvgIpc) is 0.990. The van der Waals surface area contributed by atoms with Gasteiger partial charge in [0.05, 0.1) is 76.2 Å². The van der Waals surface area contributed by atoms with Crippen LogP contribution in [-0.2, 0) is 0 Å². The minimum absolute atomic E-state index is 0.178. The van der Waals surface area contributed by atoms with Gasteiger partial charge < -0.3 is 0 Å². The predicted molar refractivity (Wildman–Crippen MR) is 603 cm³/mol. The standard InChI is InChI=1S/C7H5N.C7H6O.C7H8.C6H5F.3C6H6.C5H5N.3C4H4N2.22C2H6.9CH3F/c2*8-6-7-4-2-1-3-5-7;1-7-5-3-2-4-6-7;7-6-4-2-1-3-5-6;4*1-2-4-6-5-3-1;1-2-6-4-3-5-1;1-2-5-4-6-3-1;1-2-4-6-5-3-1;31*1-2/h1-5H;1-6H;2-6H,1H3;1-5H;3*1-6H;1-5H;3*1-4H;22*1-2H3;9*1H3. The minimum atomic E-state index is -0.178. The number of aryl methyl sites for hydroxylation is 1. The summed E-state index contributed by atoms with van der Waals surface area (Å²) in [6, 6.07) is 85.6. The van der Waals surface area contributed by atoms with Crippen molar-refractivity contribution in [2.24, 2.45) is 0 Å². The number of aromatic nitrogens is 7. The number of carbonyl (C=O) groups is 1. The van der Waals surface area contributed by atoms with Gasteiger partial charge in [0.1, 0.15) is 18.4 Å². The van der Waals surface area contributed by atoms with E-state index in [9.17, 15) is 48.7 Å². The highest BCUT2D eigenvalue weighted by atomic mass is 19.2. The van der Waals surface area contributed by atoms with Crippen molar-refractivity contribution in [2.45, 2.75) is 312 Å². The number of rotatable bonds is 1. The maximum Gasteiger partial charge on any atom is 0.150 e. The van der Waals surface area contributed by atoms with Crippen LogP contribution >= 0.6 is 0 Å². The van der Waals surface area contributed by atoms with Gasteiger partial charge in [0.2, 0.25) is 0 Å². The number of hydrogen-bond acceptors (Lipinski definition) is 9. The van der Waals surface area contributed by atoms with Gasteiger partial charge in [-0.05, 0) is 61.5 Å². The van der Waals surface area contributed by atoms with E-state index in [1.54, 1.807) is 110 Å². The number of nitriles is 1. The van der Waals surface area contributed by atoms with Gasteiger partial charge in [0.25, 0.3) is 0 Å². The molecule has 794 valence electrons. The van der Waals surface area contributed by atoms with E-state index < -0.39 is 0 Å². The zero-order chi connectivity index (χ0) is 114. The van der Waals surface area contributed by atoms with Crippen LogP contribution < -0.4 is 0 Å². The van der Waals surface area contributed by atoms with Crippen molar-refractivity contribution >= 4 is 6.29 Å². The predicted octanol–water partition coefficient (Wildman–Crippen LogP) is 42.3. The molecule has 0 saturated carbocycles. The first kappa shape index (κ1) is 217. The number of halogens is 10. The number of nitrogens with zero attached hydrogens (tertiary/aromatic N) is 8. The van der Waals surface area contributed by atoms with Gasteiger partial charge in [-0.2, -0.15) is 15.5 Å². The van der Waals surface area contributed by atoms with Gasteiger partial charge in [-0.25, -0.2) is 14.4 Å². The molecule has 0 aliphatic carbocycles. The molecule has 11 rings (SSSR count). The normalized spacial score (nSPS) is 5.78. The fourth-order valence-electron chi connectivity index (χ4n) is 4.22. The van der Waals surface area contributed by atoms with Gasteiger partial charge in [0, 0.05) is 67.5 Å². The van der Waals surface area contributed by atoms with Gasteiger partial charge in [-0.15, -0.1) is 0 Å². The molecule has 0 saturated heterocycles. The SMILES string of the molecule is CC.CC.CC.CC.CC.CC.CC.CC.CC.CC.CC.CC.CC.CC.CC.CC.CC.CC.CC.CC.CC.CC.CF.CF.CF.CF.CF.CF.CF.CF.CF.Cc1ccccc1.Fc1ccccc1.N#Cc1ccccc1.O=Cc1ccccc1.c1ccccc1.c1ccccc1.c1ccccc1.c1ccncc1.c1ccnnc1.c1cnccn1.c1cncnc1. The van der Waals surface area contributed by atoms with Crippen LogP contribution in [0.3, 0.4) is 0 Å². The van der Waals surface area contributed by atoms with E-state index in [1.807, 2.05) is 505 Å². The van der Waals surface area contributed by atoms with Crippen molar-refractivity contribution in [1.82, 2.24) is 35.1 Å². The lowest BCUT2D eigenvalue weighted by atomic mass is 10.2. The van der Waals surface area contributed by atoms with Crippen LogP contribution in [0.1, 0.15) is 326 Å². The molecular formula is C115H218F10N8O. The quantitative estimate of drug-likeness (QED) is 0.116. The summed E-state index contributed by atoms with van der Waals surface area (Å²) in [6.07, 6.45) is 19.0. The summed E-state index contributed by atoms with van der Waals surface area (Å²) >= 11 is 0. The summed E-state index contributed by atoms with van der Waals surface area (Å²) in [7, 11) is 4.50. The highest BCUT2D eigenvalue weighted by Gasteiger charge is 1.81. The Morgan fingerprint density at radius 2 is 0.358 bits per heavy atom. The van der Waals surface area contributed by atoms with Crippen molar-refractivity contribution in [2.75, 3.05) is 64.6 Å². The van der Waals surface area contributed by atoms with E-state index >= 15 is 0 Å². The average molecular weight is 1920 g/mol. The third kappa shape index (κ3) is 387. The molecule has 0 aliphatic rings. The van der Waals surface area contributed by atoms with E-state index in [0.29, 0.717) is 70.2 Å². The number of alkyl halides is 9. The molecule has 7 aromatic carbocycles. The summed E-state index contributed by atoms with van der Waals surface area (Å²) in [5.41, 5.74) is 2.77. The van der Waals surface area contributed by atoms with Crippen molar-refractivity contribution < 1.29 is 48.7 Å². The number of pyridine rings is 1. The molecule has 134 heavy (non-hydrogen) atoms. The van der Waals surface area contributed by atoms with Crippen LogP contribution in [0.25, 0.3) is 0 Å². The third-order valence-corrected chi connectivity index (χ3v) is 7.52. The van der Waals surface area contributed by atoms with Crippen LogP contribution in [-0.4, -0.2) is 106 Å². The summed E-state index contributed by atoms with van der Waals surface area (Å²) in [4.78, 5) is 28.6. The van der Waals surface area contributed by atoms with Gasteiger partial charge in [-0.3, -0.25) is 59.3 Å².